The quantitative estimate of drug-likeness (QED) is 0.144. The van der Waals surface area contributed by atoms with Gasteiger partial charge in [-0.3, -0.25) is 9.78 Å². The second-order valence-corrected chi connectivity index (χ2v) is 15.7. The van der Waals surface area contributed by atoms with E-state index < -0.39 is 21.7 Å². The maximum atomic E-state index is 13.6. The summed E-state index contributed by atoms with van der Waals surface area (Å²) in [5.41, 5.74) is 1.14. The van der Waals surface area contributed by atoms with Crippen molar-refractivity contribution in [1.29, 1.82) is 0 Å². The molecular formula is C34H49N5O5S2. The Morgan fingerprint density at radius 1 is 1.02 bits per heavy atom. The SMILES string of the molecule is CCC[C@H](CCCc1ncc(-c2ccc(NC(=O)CC[C@@H](C)c3ccccn3)cc2S(=O)(=O)NC(C)(C)C)s1)NC(=O)OC(C)C. The highest BCUT2D eigenvalue weighted by Gasteiger charge is 2.27. The molecule has 2 heterocycles. The average molecular weight is 672 g/mol. The van der Waals surface area contributed by atoms with Crippen LogP contribution in [0.25, 0.3) is 10.4 Å². The van der Waals surface area contributed by atoms with Crippen LogP contribution in [-0.4, -0.2) is 48.1 Å². The Bertz CT molecular complexity index is 1530. The number of aromatic nitrogens is 2. The summed E-state index contributed by atoms with van der Waals surface area (Å²) in [4.78, 5) is 34.7. The van der Waals surface area contributed by atoms with Crippen LogP contribution in [0.4, 0.5) is 10.5 Å². The molecule has 2 atom stereocenters. The number of amides is 2. The Hall–Kier alpha value is -3.35. The zero-order valence-corrected chi connectivity index (χ0v) is 29.7. The zero-order valence-electron chi connectivity index (χ0n) is 28.1. The lowest BCUT2D eigenvalue weighted by Gasteiger charge is -2.22. The Morgan fingerprint density at radius 3 is 2.43 bits per heavy atom. The molecule has 0 spiro atoms. The van der Waals surface area contributed by atoms with Gasteiger partial charge < -0.3 is 15.4 Å². The zero-order chi connectivity index (χ0) is 33.9. The summed E-state index contributed by atoms with van der Waals surface area (Å²) in [6.45, 7) is 13.1. The second-order valence-electron chi connectivity index (χ2n) is 12.9. The van der Waals surface area contributed by atoms with Gasteiger partial charge in [0.15, 0.2) is 0 Å². The van der Waals surface area contributed by atoms with Crippen LogP contribution in [-0.2, 0) is 26.0 Å². The van der Waals surface area contributed by atoms with Crippen molar-refractivity contribution in [3.8, 4) is 10.4 Å². The van der Waals surface area contributed by atoms with Crippen LogP contribution in [0.2, 0.25) is 0 Å². The number of anilines is 1. The van der Waals surface area contributed by atoms with E-state index in [9.17, 15) is 18.0 Å². The third kappa shape index (κ3) is 12.1. The van der Waals surface area contributed by atoms with E-state index >= 15 is 0 Å². The minimum Gasteiger partial charge on any atom is -0.447 e. The monoisotopic (exact) mass is 671 g/mol. The summed E-state index contributed by atoms with van der Waals surface area (Å²) in [6.07, 6.45) is 7.80. The molecule has 3 rings (SSSR count). The van der Waals surface area contributed by atoms with Crippen LogP contribution in [0, 0.1) is 0 Å². The van der Waals surface area contributed by atoms with Gasteiger partial charge in [0.05, 0.1) is 20.9 Å². The van der Waals surface area contributed by atoms with Crippen LogP contribution in [0.3, 0.4) is 0 Å². The third-order valence-electron chi connectivity index (χ3n) is 7.06. The Labute approximate surface area is 278 Å². The lowest BCUT2D eigenvalue weighted by Crippen LogP contribution is -2.40. The van der Waals surface area contributed by atoms with E-state index in [1.165, 1.54) is 17.4 Å². The van der Waals surface area contributed by atoms with Crippen LogP contribution < -0.4 is 15.4 Å². The molecule has 0 bridgehead atoms. The predicted molar refractivity (Wildman–Crippen MR) is 185 cm³/mol. The van der Waals surface area contributed by atoms with Crippen LogP contribution in [0.1, 0.15) is 104 Å². The summed E-state index contributed by atoms with van der Waals surface area (Å²) in [6, 6.07) is 10.7. The predicted octanol–water partition coefficient (Wildman–Crippen LogP) is 7.43. The van der Waals surface area contributed by atoms with Crippen molar-refractivity contribution in [2.24, 2.45) is 0 Å². The Balaban J connectivity index is 1.74. The highest BCUT2D eigenvalue weighted by atomic mass is 32.2. The first kappa shape index (κ1) is 37.1. The van der Waals surface area contributed by atoms with Crippen molar-refractivity contribution in [2.75, 3.05) is 5.32 Å². The van der Waals surface area contributed by atoms with Gasteiger partial charge in [-0.1, -0.05) is 32.4 Å². The van der Waals surface area contributed by atoms with Crippen molar-refractivity contribution in [3.63, 3.8) is 0 Å². The molecule has 12 heteroatoms. The van der Waals surface area contributed by atoms with Crippen LogP contribution in [0.5, 0.6) is 0 Å². The fourth-order valence-electron chi connectivity index (χ4n) is 4.97. The molecule has 0 aliphatic carbocycles. The number of ether oxygens (including phenoxy) is 1. The van der Waals surface area contributed by atoms with Gasteiger partial charge in [-0.05, 0) is 96.9 Å². The first-order chi connectivity index (χ1) is 21.7. The minimum absolute atomic E-state index is 0.0110. The molecule has 0 saturated heterocycles. The highest BCUT2D eigenvalue weighted by molar-refractivity contribution is 7.89. The largest absolute Gasteiger partial charge is 0.447 e. The Morgan fingerprint density at radius 2 is 1.78 bits per heavy atom. The van der Waals surface area contributed by atoms with Crippen molar-refractivity contribution in [2.45, 2.75) is 122 Å². The number of sulfonamides is 1. The topological polar surface area (TPSA) is 139 Å². The number of nitrogens with one attached hydrogen (secondary N) is 3. The van der Waals surface area contributed by atoms with Gasteiger partial charge in [-0.25, -0.2) is 22.9 Å². The molecule has 2 aromatic heterocycles. The number of alkyl carbamates (subject to hydrolysis) is 1. The fraction of sp³-hybridized carbons (Fsp3) is 0.529. The van der Waals surface area contributed by atoms with Gasteiger partial charge in [0.2, 0.25) is 15.9 Å². The molecular weight excluding hydrogens is 623 g/mol. The molecule has 0 aliphatic heterocycles. The average Bonchev–Trinajstić information content (AvgIpc) is 3.43. The number of rotatable bonds is 16. The molecule has 252 valence electrons. The molecule has 46 heavy (non-hydrogen) atoms. The van der Waals surface area contributed by atoms with E-state index in [0.717, 1.165) is 41.3 Å². The van der Waals surface area contributed by atoms with Gasteiger partial charge in [-0.15, -0.1) is 11.3 Å². The van der Waals surface area contributed by atoms with Gasteiger partial charge in [0, 0.05) is 47.3 Å². The fourth-order valence-corrected chi connectivity index (χ4v) is 7.70. The molecule has 0 fully saturated rings. The van der Waals surface area contributed by atoms with Gasteiger partial charge in [0.1, 0.15) is 0 Å². The number of carbonyl (C=O) groups excluding carboxylic acids is 2. The molecule has 2 amide bonds. The first-order valence-corrected chi connectivity index (χ1v) is 18.3. The summed E-state index contributed by atoms with van der Waals surface area (Å²) in [5, 5.41) is 6.72. The maximum absolute atomic E-state index is 13.6. The van der Waals surface area contributed by atoms with Crippen molar-refractivity contribution in [3.05, 3.63) is 59.5 Å². The van der Waals surface area contributed by atoms with E-state index in [1.54, 1.807) is 45.3 Å². The number of carbonyl (C=O) groups is 2. The number of pyridine rings is 1. The molecule has 0 radical (unpaired) electrons. The first-order valence-electron chi connectivity index (χ1n) is 16.0. The van der Waals surface area contributed by atoms with E-state index in [0.29, 0.717) is 24.1 Å². The number of thiazole rings is 1. The van der Waals surface area contributed by atoms with Gasteiger partial charge >= 0.3 is 6.09 Å². The van der Waals surface area contributed by atoms with Crippen LogP contribution in [0.15, 0.2) is 53.7 Å². The lowest BCUT2D eigenvalue weighted by atomic mass is 10.0. The molecule has 0 aliphatic rings. The minimum atomic E-state index is -3.95. The van der Waals surface area contributed by atoms with E-state index in [2.05, 4.69) is 32.2 Å². The third-order valence-corrected chi connectivity index (χ3v) is 9.94. The normalized spacial score (nSPS) is 13.3. The summed E-state index contributed by atoms with van der Waals surface area (Å²) in [5.74, 6) is -0.0898. The molecule has 3 N–H and O–H groups in total. The number of aryl methyl sites for hydroxylation is 1. The summed E-state index contributed by atoms with van der Waals surface area (Å²) in [7, 11) is -3.95. The van der Waals surface area contributed by atoms with Crippen LogP contribution >= 0.6 is 11.3 Å². The standard InChI is InChI=1S/C34H49N5O5S2/c1-8-12-25(38-33(41)44-23(2)3)13-11-15-32-36-22-29(45-32)27-18-17-26(21-30(27)46(42,43)39-34(5,6)7)37-31(40)19-16-24(4)28-14-9-10-20-35-28/h9-10,14,17-18,20-25,39H,8,11-13,15-16,19H2,1-7H3,(H,37,40)(H,38,41)/t24-,25-/m1/s1. The van der Waals surface area contributed by atoms with Gasteiger partial charge in [-0.2, -0.15) is 0 Å². The number of hydrogen-bond donors (Lipinski definition) is 3. The second kappa shape index (κ2) is 17.0. The lowest BCUT2D eigenvalue weighted by molar-refractivity contribution is -0.116. The van der Waals surface area contributed by atoms with E-state index in [1.807, 2.05) is 39.0 Å². The van der Waals surface area contributed by atoms with E-state index in [4.69, 9.17) is 4.74 Å². The van der Waals surface area contributed by atoms with Crippen molar-refractivity contribution in [1.82, 2.24) is 20.0 Å². The molecule has 10 nitrogen and oxygen atoms in total. The summed E-state index contributed by atoms with van der Waals surface area (Å²) < 4.78 is 35.2. The summed E-state index contributed by atoms with van der Waals surface area (Å²) >= 11 is 1.44. The molecule has 1 aromatic carbocycles. The van der Waals surface area contributed by atoms with E-state index in [-0.39, 0.29) is 35.3 Å². The highest BCUT2D eigenvalue weighted by Crippen LogP contribution is 2.35. The molecule has 0 saturated carbocycles. The van der Waals surface area contributed by atoms with Gasteiger partial charge in [0.25, 0.3) is 0 Å². The van der Waals surface area contributed by atoms with Crippen molar-refractivity contribution < 1.29 is 22.7 Å². The molecule has 0 unspecified atom stereocenters. The number of hydrogen-bond acceptors (Lipinski definition) is 8. The maximum Gasteiger partial charge on any atom is 0.407 e. The number of nitrogens with zero attached hydrogens (tertiary/aromatic N) is 2. The Kier molecular flexibility index (Phi) is 13.7. The molecule has 3 aromatic rings. The number of benzene rings is 1. The smallest absolute Gasteiger partial charge is 0.407 e. The van der Waals surface area contributed by atoms with Crippen molar-refractivity contribution >= 4 is 39.0 Å².